The number of esters is 1. The Morgan fingerprint density at radius 3 is 2.30 bits per heavy atom. The number of benzene rings is 2. The number of rotatable bonds is 6. The topological polar surface area (TPSA) is 95.4 Å². The Hall–Kier alpha value is -4.00. The van der Waals surface area contributed by atoms with Crippen LogP contribution in [0.25, 0.3) is 22.8 Å². The van der Waals surface area contributed by atoms with Crippen LogP contribution < -0.4 is 0 Å². The first-order chi connectivity index (χ1) is 14.5. The second-order valence-electron chi connectivity index (χ2n) is 6.66. The van der Waals surface area contributed by atoms with Crippen molar-refractivity contribution in [3.63, 3.8) is 0 Å². The van der Waals surface area contributed by atoms with Crippen LogP contribution in [-0.4, -0.2) is 21.9 Å². The van der Waals surface area contributed by atoms with Crippen molar-refractivity contribution in [2.45, 2.75) is 20.0 Å². The predicted molar refractivity (Wildman–Crippen MR) is 108 cm³/mol. The number of aromatic nitrogens is 2. The van der Waals surface area contributed by atoms with E-state index in [1.54, 1.807) is 37.3 Å². The van der Waals surface area contributed by atoms with Gasteiger partial charge in [0.1, 0.15) is 5.76 Å². The SMILES string of the molecule is CC(=O)c1ccc(-c2ccc(C(=O)O[C@H](C)c3nnc(-c4ccccc4)o3)o2)cc1. The van der Waals surface area contributed by atoms with E-state index in [0.29, 0.717) is 17.2 Å². The van der Waals surface area contributed by atoms with Crippen molar-refractivity contribution in [3.8, 4) is 22.8 Å². The summed E-state index contributed by atoms with van der Waals surface area (Å²) in [6.45, 7) is 3.15. The Bertz CT molecular complexity index is 1180. The lowest BCUT2D eigenvalue weighted by Crippen LogP contribution is -2.08. The third-order valence-corrected chi connectivity index (χ3v) is 4.48. The van der Waals surface area contributed by atoms with Gasteiger partial charge in [-0.1, -0.05) is 42.5 Å². The first kappa shape index (κ1) is 19.3. The first-order valence-corrected chi connectivity index (χ1v) is 9.32. The Labute approximate surface area is 172 Å². The highest BCUT2D eigenvalue weighted by molar-refractivity contribution is 5.94. The quantitative estimate of drug-likeness (QED) is 0.326. The zero-order valence-electron chi connectivity index (χ0n) is 16.4. The van der Waals surface area contributed by atoms with Crippen LogP contribution in [0.5, 0.6) is 0 Å². The van der Waals surface area contributed by atoms with Crippen LogP contribution in [0, 0.1) is 0 Å². The number of ketones is 1. The molecule has 2 aromatic carbocycles. The molecule has 4 rings (SSSR count). The fraction of sp³-hybridized carbons (Fsp3) is 0.130. The van der Waals surface area contributed by atoms with Crippen molar-refractivity contribution < 1.29 is 23.2 Å². The zero-order valence-corrected chi connectivity index (χ0v) is 16.4. The average Bonchev–Trinajstić information content (AvgIpc) is 3.45. The predicted octanol–water partition coefficient (Wildman–Crippen LogP) is 5.12. The van der Waals surface area contributed by atoms with E-state index in [-0.39, 0.29) is 17.4 Å². The van der Waals surface area contributed by atoms with Gasteiger partial charge in [0, 0.05) is 16.7 Å². The van der Waals surface area contributed by atoms with E-state index in [2.05, 4.69) is 10.2 Å². The van der Waals surface area contributed by atoms with Crippen LogP contribution in [0.4, 0.5) is 0 Å². The summed E-state index contributed by atoms with van der Waals surface area (Å²) in [7, 11) is 0. The van der Waals surface area contributed by atoms with Crippen LogP contribution in [0.2, 0.25) is 0 Å². The van der Waals surface area contributed by atoms with Crippen LogP contribution >= 0.6 is 0 Å². The third kappa shape index (κ3) is 4.05. The summed E-state index contributed by atoms with van der Waals surface area (Å²) in [5.41, 5.74) is 2.13. The Morgan fingerprint density at radius 2 is 1.60 bits per heavy atom. The Balaban J connectivity index is 1.44. The molecule has 0 unspecified atom stereocenters. The van der Waals surface area contributed by atoms with E-state index >= 15 is 0 Å². The van der Waals surface area contributed by atoms with E-state index in [1.807, 2.05) is 30.3 Å². The van der Waals surface area contributed by atoms with Gasteiger partial charge < -0.3 is 13.6 Å². The van der Waals surface area contributed by atoms with Crippen LogP contribution in [0.15, 0.2) is 75.6 Å². The van der Waals surface area contributed by atoms with Gasteiger partial charge in [-0.05, 0) is 38.1 Å². The van der Waals surface area contributed by atoms with Crippen molar-refractivity contribution >= 4 is 11.8 Å². The molecule has 0 aliphatic rings. The van der Waals surface area contributed by atoms with Gasteiger partial charge in [0.25, 0.3) is 5.89 Å². The standard InChI is InChI=1S/C23H18N2O5/c1-14(26)16-8-10-17(11-9-16)19-12-13-20(29-19)23(27)28-15(2)21-24-25-22(30-21)18-6-4-3-5-7-18/h3-13,15H,1-2H3/t15-/m1/s1. The number of nitrogens with zero attached hydrogens (tertiary/aromatic N) is 2. The maximum absolute atomic E-state index is 12.4. The lowest BCUT2D eigenvalue weighted by molar-refractivity contribution is 0.0245. The van der Waals surface area contributed by atoms with Gasteiger partial charge in [0.05, 0.1) is 0 Å². The number of Topliss-reactive ketones (excluding diaryl/α,β-unsaturated/α-hetero) is 1. The van der Waals surface area contributed by atoms with Gasteiger partial charge in [-0.3, -0.25) is 4.79 Å². The van der Waals surface area contributed by atoms with Crippen molar-refractivity contribution in [3.05, 3.63) is 83.9 Å². The molecular weight excluding hydrogens is 384 g/mol. The van der Waals surface area contributed by atoms with Crippen LogP contribution in [0.3, 0.4) is 0 Å². The monoisotopic (exact) mass is 402 g/mol. The van der Waals surface area contributed by atoms with Gasteiger partial charge in [-0.25, -0.2) is 4.79 Å². The van der Waals surface area contributed by atoms with E-state index in [4.69, 9.17) is 13.6 Å². The Morgan fingerprint density at radius 1 is 0.867 bits per heavy atom. The molecule has 0 amide bonds. The normalized spacial score (nSPS) is 11.8. The fourth-order valence-electron chi connectivity index (χ4n) is 2.84. The smallest absolute Gasteiger partial charge is 0.375 e. The minimum atomic E-state index is -0.745. The van der Waals surface area contributed by atoms with Crippen molar-refractivity contribution in [2.75, 3.05) is 0 Å². The second kappa shape index (κ2) is 8.16. The van der Waals surface area contributed by atoms with Crippen LogP contribution in [-0.2, 0) is 4.74 Å². The van der Waals surface area contributed by atoms with E-state index in [0.717, 1.165) is 11.1 Å². The maximum atomic E-state index is 12.4. The van der Waals surface area contributed by atoms with E-state index < -0.39 is 12.1 Å². The molecule has 0 saturated heterocycles. The molecule has 0 aliphatic heterocycles. The molecule has 0 bridgehead atoms. The molecule has 0 fully saturated rings. The zero-order chi connectivity index (χ0) is 21.1. The number of ether oxygens (including phenoxy) is 1. The molecule has 30 heavy (non-hydrogen) atoms. The first-order valence-electron chi connectivity index (χ1n) is 9.32. The largest absolute Gasteiger partial charge is 0.449 e. The number of furan rings is 1. The van der Waals surface area contributed by atoms with Gasteiger partial charge in [-0.2, -0.15) is 0 Å². The van der Waals surface area contributed by atoms with E-state index in [1.165, 1.54) is 13.0 Å². The molecule has 0 aliphatic carbocycles. The molecule has 1 atom stereocenters. The second-order valence-corrected chi connectivity index (χ2v) is 6.66. The molecule has 0 saturated carbocycles. The van der Waals surface area contributed by atoms with Gasteiger partial charge in [0.2, 0.25) is 11.7 Å². The fourth-order valence-corrected chi connectivity index (χ4v) is 2.84. The van der Waals surface area contributed by atoms with Crippen molar-refractivity contribution in [2.24, 2.45) is 0 Å². The molecule has 150 valence electrons. The van der Waals surface area contributed by atoms with E-state index in [9.17, 15) is 9.59 Å². The summed E-state index contributed by atoms with van der Waals surface area (Å²) in [4.78, 5) is 23.8. The summed E-state index contributed by atoms with van der Waals surface area (Å²) in [6.07, 6.45) is -0.745. The molecule has 7 heteroatoms. The summed E-state index contributed by atoms with van der Waals surface area (Å²) in [5.74, 6) is 0.421. The molecule has 4 aromatic rings. The number of hydrogen-bond acceptors (Lipinski definition) is 7. The minimum Gasteiger partial charge on any atom is -0.449 e. The average molecular weight is 402 g/mol. The van der Waals surface area contributed by atoms with Gasteiger partial charge in [-0.15, -0.1) is 10.2 Å². The lowest BCUT2D eigenvalue weighted by atomic mass is 10.1. The highest BCUT2D eigenvalue weighted by atomic mass is 16.6. The highest BCUT2D eigenvalue weighted by Crippen LogP contribution is 2.26. The molecule has 0 radical (unpaired) electrons. The van der Waals surface area contributed by atoms with Gasteiger partial charge in [0.15, 0.2) is 11.9 Å². The van der Waals surface area contributed by atoms with Crippen molar-refractivity contribution in [1.29, 1.82) is 0 Å². The van der Waals surface area contributed by atoms with Crippen molar-refractivity contribution in [1.82, 2.24) is 10.2 Å². The number of hydrogen-bond donors (Lipinski definition) is 0. The lowest BCUT2D eigenvalue weighted by Gasteiger charge is -2.07. The van der Waals surface area contributed by atoms with Crippen LogP contribution in [0.1, 0.15) is 46.8 Å². The maximum Gasteiger partial charge on any atom is 0.375 e. The summed E-state index contributed by atoms with van der Waals surface area (Å²) < 4.78 is 16.6. The van der Waals surface area contributed by atoms with Gasteiger partial charge >= 0.3 is 5.97 Å². The summed E-state index contributed by atoms with van der Waals surface area (Å²) >= 11 is 0. The summed E-state index contributed by atoms with van der Waals surface area (Å²) in [6, 6.07) is 19.5. The molecule has 0 N–H and O–H groups in total. The molecule has 2 aromatic heterocycles. The number of carbonyl (C=O) groups is 2. The summed E-state index contributed by atoms with van der Waals surface area (Å²) in [5, 5.41) is 7.96. The third-order valence-electron chi connectivity index (χ3n) is 4.48. The molecule has 0 spiro atoms. The molecule has 2 heterocycles. The number of carbonyl (C=O) groups excluding carboxylic acids is 2. The Kier molecular flexibility index (Phi) is 5.26. The minimum absolute atomic E-state index is 0.0179. The molecular formula is C23H18N2O5. The highest BCUT2D eigenvalue weighted by Gasteiger charge is 2.22. The molecule has 7 nitrogen and oxygen atoms in total.